The van der Waals surface area contributed by atoms with Gasteiger partial charge < -0.3 is 14.8 Å². The first-order chi connectivity index (χ1) is 14.5. The summed E-state index contributed by atoms with van der Waals surface area (Å²) in [5, 5.41) is 5.94. The Morgan fingerprint density at radius 3 is 2.53 bits per heavy atom. The standard InChI is InChI=1S/C24H28N2O3S/c1-5-29-22-13-12-20(14-23(22)28-4)24-26-21(15-30-24)19-10-8-18(9-11-19)7-6-16(2)25-17(3)27/h8-16H,5-7H2,1-4H3,(H,25,27). The van der Waals surface area contributed by atoms with Gasteiger partial charge in [-0.3, -0.25) is 4.79 Å². The van der Waals surface area contributed by atoms with Crippen LogP contribution in [0.1, 0.15) is 32.8 Å². The van der Waals surface area contributed by atoms with Crippen molar-refractivity contribution in [3.8, 4) is 33.3 Å². The number of nitrogens with one attached hydrogen (secondary N) is 1. The third-order valence-corrected chi connectivity index (χ3v) is 5.67. The molecule has 3 aromatic rings. The van der Waals surface area contributed by atoms with Gasteiger partial charge in [0.2, 0.25) is 5.91 Å². The van der Waals surface area contributed by atoms with Crippen LogP contribution in [0.4, 0.5) is 0 Å². The zero-order valence-electron chi connectivity index (χ0n) is 17.9. The molecular weight excluding hydrogens is 396 g/mol. The topological polar surface area (TPSA) is 60.5 Å². The minimum atomic E-state index is 0.0160. The first-order valence-corrected chi connectivity index (χ1v) is 11.0. The summed E-state index contributed by atoms with van der Waals surface area (Å²) in [5.74, 6) is 1.47. The minimum Gasteiger partial charge on any atom is -0.493 e. The maximum atomic E-state index is 11.1. The first-order valence-electron chi connectivity index (χ1n) is 10.1. The summed E-state index contributed by atoms with van der Waals surface area (Å²) in [4.78, 5) is 15.9. The Labute approximate surface area is 182 Å². The van der Waals surface area contributed by atoms with E-state index in [0.717, 1.165) is 40.4 Å². The van der Waals surface area contributed by atoms with E-state index < -0.39 is 0 Å². The highest BCUT2D eigenvalue weighted by Crippen LogP contribution is 2.35. The normalized spacial score (nSPS) is 11.7. The van der Waals surface area contributed by atoms with Crippen LogP contribution in [0.3, 0.4) is 0 Å². The Balaban J connectivity index is 1.69. The van der Waals surface area contributed by atoms with E-state index in [1.54, 1.807) is 25.4 Å². The van der Waals surface area contributed by atoms with Crippen molar-refractivity contribution in [2.75, 3.05) is 13.7 Å². The molecular formula is C24H28N2O3S. The van der Waals surface area contributed by atoms with Gasteiger partial charge in [0.1, 0.15) is 5.01 Å². The van der Waals surface area contributed by atoms with E-state index >= 15 is 0 Å². The fourth-order valence-electron chi connectivity index (χ4n) is 3.26. The van der Waals surface area contributed by atoms with Crippen molar-refractivity contribution < 1.29 is 14.3 Å². The minimum absolute atomic E-state index is 0.0160. The molecule has 3 rings (SSSR count). The number of rotatable bonds is 9. The molecule has 0 aliphatic heterocycles. The van der Waals surface area contributed by atoms with Crippen LogP contribution in [0, 0.1) is 0 Å². The van der Waals surface area contributed by atoms with Gasteiger partial charge in [0.05, 0.1) is 19.4 Å². The second-order valence-electron chi connectivity index (χ2n) is 7.17. The van der Waals surface area contributed by atoms with Crippen molar-refractivity contribution in [1.82, 2.24) is 10.3 Å². The van der Waals surface area contributed by atoms with Gasteiger partial charge in [-0.2, -0.15) is 0 Å². The quantitative estimate of drug-likeness (QED) is 0.504. The van der Waals surface area contributed by atoms with Gasteiger partial charge in [0, 0.05) is 29.5 Å². The SMILES string of the molecule is CCOc1ccc(-c2nc(-c3ccc(CCC(C)NC(C)=O)cc3)cs2)cc1OC. The van der Waals surface area contributed by atoms with Crippen molar-refractivity contribution in [2.24, 2.45) is 0 Å². The van der Waals surface area contributed by atoms with Crippen LogP contribution in [0.25, 0.3) is 21.8 Å². The molecule has 2 aromatic carbocycles. The molecule has 0 radical (unpaired) electrons. The van der Waals surface area contributed by atoms with Crippen molar-refractivity contribution in [2.45, 2.75) is 39.7 Å². The van der Waals surface area contributed by atoms with Crippen molar-refractivity contribution >= 4 is 17.2 Å². The highest BCUT2D eigenvalue weighted by atomic mass is 32.1. The Kier molecular flexibility index (Phi) is 7.46. The zero-order valence-corrected chi connectivity index (χ0v) is 18.7. The molecule has 1 aromatic heterocycles. The fraction of sp³-hybridized carbons (Fsp3) is 0.333. The average molecular weight is 425 g/mol. The van der Waals surface area contributed by atoms with Gasteiger partial charge in [0.25, 0.3) is 0 Å². The third kappa shape index (κ3) is 5.60. The van der Waals surface area contributed by atoms with E-state index in [4.69, 9.17) is 14.5 Å². The lowest BCUT2D eigenvalue weighted by Gasteiger charge is -2.12. The van der Waals surface area contributed by atoms with Crippen molar-refractivity contribution in [1.29, 1.82) is 0 Å². The number of ether oxygens (including phenoxy) is 2. The van der Waals surface area contributed by atoms with Crippen LogP contribution >= 0.6 is 11.3 Å². The predicted octanol–water partition coefficient (Wildman–Crippen LogP) is 5.34. The smallest absolute Gasteiger partial charge is 0.217 e. The Morgan fingerprint density at radius 2 is 1.87 bits per heavy atom. The lowest BCUT2D eigenvalue weighted by Crippen LogP contribution is -2.30. The van der Waals surface area contributed by atoms with E-state index in [0.29, 0.717) is 12.4 Å². The number of carbonyl (C=O) groups is 1. The molecule has 0 fully saturated rings. The molecule has 1 N–H and O–H groups in total. The molecule has 1 atom stereocenters. The number of hydrogen-bond acceptors (Lipinski definition) is 5. The lowest BCUT2D eigenvalue weighted by molar-refractivity contribution is -0.119. The van der Waals surface area contributed by atoms with Crippen LogP contribution in [0.15, 0.2) is 47.8 Å². The monoisotopic (exact) mass is 424 g/mol. The van der Waals surface area contributed by atoms with Crippen molar-refractivity contribution in [3.63, 3.8) is 0 Å². The second kappa shape index (κ2) is 10.3. The summed E-state index contributed by atoms with van der Waals surface area (Å²) >= 11 is 1.61. The van der Waals surface area contributed by atoms with Gasteiger partial charge in [0.15, 0.2) is 11.5 Å². The largest absolute Gasteiger partial charge is 0.493 e. The third-order valence-electron chi connectivity index (χ3n) is 4.78. The van der Waals surface area contributed by atoms with E-state index in [1.165, 1.54) is 5.56 Å². The molecule has 1 amide bonds. The number of thiazole rings is 1. The molecule has 6 heteroatoms. The van der Waals surface area contributed by atoms with Crippen LogP contribution in [-0.2, 0) is 11.2 Å². The first kappa shape index (κ1) is 21.8. The molecule has 1 heterocycles. The van der Waals surface area contributed by atoms with E-state index in [9.17, 15) is 4.79 Å². The number of aryl methyl sites for hydroxylation is 1. The maximum Gasteiger partial charge on any atom is 0.217 e. The van der Waals surface area contributed by atoms with E-state index in [2.05, 4.69) is 35.0 Å². The zero-order chi connectivity index (χ0) is 21.5. The summed E-state index contributed by atoms with van der Waals surface area (Å²) < 4.78 is 11.0. The van der Waals surface area contributed by atoms with E-state index in [1.807, 2.05) is 32.0 Å². The molecule has 30 heavy (non-hydrogen) atoms. The summed E-state index contributed by atoms with van der Waals surface area (Å²) in [6.45, 7) is 6.13. The number of carbonyl (C=O) groups excluding carboxylic acids is 1. The Morgan fingerprint density at radius 1 is 1.13 bits per heavy atom. The summed E-state index contributed by atoms with van der Waals surface area (Å²) in [5.41, 5.74) is 4.31. The van der Waals surface area contributed by atoms with Gasteiger partial charge in [-0.25, -0.2) is 4.98 Å². The molecule has 5 nitrogen and oxygen atoms in total. The number of hydrogen-bond donors (Lipinski definition) is 1. The van der Waals surface area contributed by atoms with Gasteiger partial charge in [-0.1, -0.05) is 24.3 Å². The van der Waals surface area contributed by atoms with E-state index in [-0.39, 0.29) is 11.9 Å². The number of aromatic nitrogens is 1. The maximum absolute atomic E-state index is 11.1. The van der Waals surface area contributed by atoms with Crippen LogP contribution in [0.2, 0.25) is 0 Å². The van der Waals surface area contributed by atoms with Crippen LogP contribution < -0.4 is 14.8 Å². The second-order valence-corrected chi connectivity index (χ2v) is 8.03. The highest BCUT2D eigenvalue weighted by Gasteiger charge is 2.11. The average Bonchev–Trinajstić information content (AvgIpc) is 3.23. The molecule has 1 unspecified atom stereocenters. The molecule has 158 valence electrons. The molecule has 0 aliphatic carbocycles. The Hall–Kier alpha value is -2.86. The summed E-state index contributed by atoms with van der Waals surface area (Å²) in [7, 11) is 1.65. The number of methoxy groups -OCH3 is 1. The number of nitrogens with zero attached hydrogens (tertiary/aromatic N) is 1. The molecule has 0 saturated carbocycles. The summed E-state index contributed by atoms with van der Waals surface area (Å²) in [6, 6.07) is 14.6. The molecule has 0 bridgehead atoms. The number of benzene rings is 2. The lowest BCUT2D eigenvalue weighted by atomic mass is 10.0. The van der Waals surface area contributed by atoms with Gasteiger partial charge in [-0.15, -0.1) is 11.3 Å². The molecule has 0 aliphatic rings. The molecule has 0 saturated heterocycles. The molecule has 0 spiro atoms. The summed E-state index contributed by atoms with van der Waals surface area (Å²) in [6.07, 6.45) is 1.84. The highest BCUT2D eigenvalue weighted by molar-refractivity contribution is 7.13. The fourth-order valence-corrected chi connectivity index (χ4v) is 4.08. The Bertz CT molecular complexity index is 982. The van der Waals surface area contributed by atoms with Gasteiger partial charge >= 0.3 is 0 Å². The predicted molar refractivity (Wildman–Crippen MR) is 122 cm³/mol. The van der Waals surface area contributed by atoms with Crippen molar-refractivity contribution in [3.05, 3.63) is 53.4 Å². The number of amides is 1. The van der Waals surface area contributed by atoms with Gasteiger partial charge in [-0.05, 0) is 50.5 Å². The van der Waals surface area contributed by atoms with Crippen LogP contribution in [0.5, 0.6) is 11.5 Å². The van der Waals surface area contributed by atoms with Crippen LogP contribution in [-0.4, -0.2) is 30.6 Å².